The average Bonchev–Trinajstić information content (AvgIpc) is 2.91. The van der Waals surface area contributed by atoms with E-state index in [9.17, 15) is 14.4 Å². The van der Waals surface area contributed by atoms with Crippen molar-refractivity contribution in [3.05, 3.63) is 81.8 Å². The molecule has 0 atom stereocenters. The molecular weight excluding hydrogens is 546 g/mol. The highest BCUT2D eigenvalue weighted by atomic mass is 79.9. The average molecular weight is 570 g/mol. The van der Waals surface area contributed by atoms with Crippen LogP contribution in [0.3, 0.4) is 0 Å². The summed E-state index contributed by atoms with van der Waals surface area (Å²) < 4.78 is 21.7. The van der Waals surface area contributed by atoms with Crippen molar-refractivity contribution >= 4 is 39.9 Å². The molecule has 3 aromatic carbocycles. The summed E-state index contributed by atoms with van der Waals surface area (Å²) in [6, 6.07) is 16.5. The van der Waals surface area contributed by atoms with Gasteiger partial charge in [-0.2, -0.15) is 5.10 Å². The van der Waals surface area contributed by atoms with Crippen LogP contribution in [0.25, 0.3) is 0 Å². The lowest BCUT2D eigenvalue weighted by Crippen LogP contribution is -2.34. The van der Waals surface area contributed by atoms with Crippen LogP contribution in [-0.2, 0) is 4.79 Å². The minimum absolute atomic E-state index is 0.228. The molecule has 3 aromatic rings. The highest BCUT2D eigenvalue weighted by Crippen LogP contribution is 2.38. The molecule has 0 saturated carbocycles. The molecule has 0 bridgehead atoms. The predicted molar refractivity (Wildman–Crippen MR) is 140 cm³/mol. The summed E-state index contributed by atoms with van der Waals surface area (Å²) in [4.78, 5) is 36.8. The molecule has 2 amide bonds. The van der Waals surface area contributed by atoms with Gasteiger partial charge in [0.25, 0.3) is 11.8 Å². The van der Waals surface area contributed by atoms with Crippen LogP contribution in [0.4, 0.5) is 0 Å². The zero-order valence-corrected chi connectivity index (χ0v) is 21.8. The Balaban J connectivity index is 1.50. The molecule has 0 aliphatic carbocycles. The van der Waals surface area contributed by atoms with E-state index < -0.39 is 17.8 Å². The molecule has 0 spiro atoms. The molecule has 0 aliphatic rings. The molecule has 2 N–H and O–H groups in total. The number of methoxy groups -OCH3 is 3. The molecule has 0 aromatic heterocycles. The number of nitrogens with zero attached hydrogens (tertiary/aromatic N) is 1. The van der Waals surface area contributed by atoms with Crippen LogP contribution >= 0.6 is 15.9 Å². The maximum atomic E-state index is 12.5. The van der Waals surface area contributed by atoms with Gasteiger partial charge in [0.15, 0.2) is 11.5 Å². The summed E-state index contributed by atoms with van der Waals surface area (Å²) in [5.41, 5.74) is 3.63. The van der Waals surface area contributed by atoms with Gasteiger partial charge in [-0.25, -0.2) is 10.2 Å². The number of ether oxygens (including phenoxy) is 4. The summed E-state index contributed by atoms with van der Waals surface area (Å²) in [6.07, 6.45) is 1.41. The third-order valence-corrected chi connectivity index (χ3v) is 5.62. The largest absolute Gasteiger partial charge is 0.493 e. The number of hydrogen-bond acceptors (Lipinski definition) is 8. The molecule has 192 valence electrons. The first-order valence-corrected chi connectivity index (χ1v) is 11.6. The highest BCUT2D eigenvalue weighted by Gasteiger charge is 2.17. The van der Waals surface area contributed by atoms with Crippen LogP contribution in [0.15, 0.2) is 70.2 Å². The Bertz CT molecular complexity index is 1280. The van der Waals surface area contributed by atoms with Gasteiger partial charge in [0, 0.05) is 10.0 Å². The van der Waals surface area contributed by atoms with Gasteiger partial charge in [0.2, 0.25) is 5.75 Å². The first-order chi connectivity index (χ1) is 17.9. The lowest BCUT2D eigenvalue weighted by Gasteiger charge is -2.14. The van der Waals surface area contributed by atoms with Gasteiger partial charge in [0.1, 0.15) is 5.75 Å². The monoisotopic (exact) mass is 569 g/mol. The second kappa shape index (κ2) is 13.1. The van der Waals surface area contributed by atoms with Crippen molar-refractivity contribution in [2.24, 2.45) is 5.10 Å². The van der Waals surface area contributed by atoms with E-state index in [1.54, 1.807) is 48.5 Å². The summed E-state index contributed by atoms with van der Waals surface area (Å²) in [5, 5.41) is 6.38. The second-order valence-corrected chi connectivity index (χ2v) is 8.18. The molecule has 3 rings (SSSR count). The fraction of sp³-hybridized carbons (Fsp3) is 0.154. The van der Waals surface area contributed by atoms with Crippen molar-refractivity contribution in [2.45, 2.75) is 0 Å². The minimum Gasteiger partial charge on any atom is -0.493 e. The number of hydrazone groups is 1. The Morgan fingerprint density at radius 2 is 1.57 bits per heavy atom. The minimum atomic E-state index is -0.531. The molecule has 11 heteroatoms. The van der Waals surface area contributed by atoms with Crippen LogP contribution in [0.5, 0.6) is 23.0 Å². The van der Waals surface area contributed by atoms with Gasteiger partial charge in [-0.1, -0.05) is 12.1 Å². The smallest absolute Gasteiger partial charge is 0.344 e. The highest BCUT2D eigenvalue weighted by molar-refractivity contribution is 9.10. The molecule has 0 saturated heterocycles. The fourth-order valence-corrected chi connectivity index (χ4v) is 3.55. The Labute approximate surface area is 221 Å². The molecular formula is C26H24BrN3O7. The van der Waals surface area contributed by atoms with Crippen LogP contribution in [0, 0.1) is 0 Å². The molecule has 10 nitrogen and oxygen atoms in total. The number of amides is 2. The number of benzene rings is 3. The van der Waals surface area contributed by atoms with E-state index in [0.29, 0.717) is 38.6 Å². The number of hydrogen-bond donors (Lipinski definition) is 2. The quantitative estimate of drug-likeness (QED) is 0.165. The lowest BCUT2D eigenvalue weighted by atomic mass is 10.1. The van der Waals surface area contributed by atoms with Crippen LogP contribution in [0.1, 0.15) is 26.3 Å². The summed E-state index contributed by atoms with van der Waals surface area (Å²) in [7, 11) is 4.34. The predicted octanol–water partition coefficient (Wildman–Crippen LogP) is 3.57. The van der Waals surface area contributed by atoms with Gasteiger partial charge >= 0.3 is 5.97 Å². The van der Waals surface area contributed by atoms with Crippen LogP contribution in [0.2, 0.25) is 0 Å². The van der Waals surface area contributed by atoms with E-state index in [0.717, 1.165) is 0 Å². The zero-order chi connectivity index (χ0) is 26.8. The number of esters is 1. The van der Waals surface area contributed by atoms with Crippen molar-refractivity contribution in [1.82, 2.24) is 10.7 Å². The fourth-order valence-electron chi connectivity index (χ4n) is 3.10. The number of carbonyl (C=O) groups is 3. The van der Waals surface area contributed by atoms with E-state index >= 15 is 0 Å². The first-order valence-electron chi connectivity index (χ1n) is 10.8. The maximum absolute atomic E-state index is 12.5. The van der Waals surface area contributed by atoms with Gasteiger partial charge in [-0.05, 0) is 70.0 Å². The molecule has 37 heavy (non-hydrogen) atoms. The third kappa shape index (κ3) is 7.31. The normalized spacial score (nSPS) is 10.5. The number of nitrogens with one attached hydrogen (secondary N) is 2. The SMILES string of the molecule is COc1cc(C(=O)NCC(=O)N/N=C\c2ccc(OC(=O)c3ccccc3Br)cc2)cc(OC)c1OC. The van der Waals surface area contributed by atoms with Gasteiger partial charge in [-0.15, -0.1) is 0 Å². The van der Waals surface area contributed by atoms with Gasteiger partial charge in [-0.3, -0.25) is 9.59 Å². The van der Waals surface area contributed by atoms with Crippen molar-refractivity contribution in [1.29, 1.82) is 0 Å². The Hall–Kier alpha value is -4.38. The van der Waals surface area contributed by atoms with E-state index in [-0.39, 0.29) is 12.1 Å². The topological polar surface area (TPSA) is 125 Å². The van der Waals surface area contributed by atoms with E-state index in [4.69, 9.17) is 18.9 Å². The summed E-state index contributed by atoms with van der Waals surface area (Å²) in [5.74, 6) is -0.193. The standard InChI is InChI=1S/C26H24BrN3O7/c1-34-21-12-17(13-22(35-2)24(21)36-3)25(32)28-15-23(31)30-29-14-16-8-10-18(11-9-16)37-26(33)19-6-4-5-7-20(19)27/h4-14H,15H2,1-3H3,(H,28,32)(H,30,31)/b29-14-. The molecule has 0 unspecified atom stereocenters. The zero-order valence-electron chi connectivity index (χ0n) is 20.2. The summed E-state index contributed by atoms with van der Waals surface area (Å²) >= 11 is 3.32. The Morgan fingerprint density at radius 3 is 2.16 bits per heavy atom. The van der Waals surface area contributed by atoms with Crippen molar-refractivity contribution in [2.75, 3.05) is 27.9 Å². The third-order valence-electron chi connectivity index (χ3n) is 4.92. The van der Waals surface area contributed by atoms with Gasteiger partial charge < -0.3 is 24.3 Å². The summed E-state index contributed by atoms with van der Waals surface area (Å²) in [6.45, 7) is -0.309. The van der Waals surface area contributed by atoms with Crippen LogP contribution < -0.4 is 29.7 Å². The maximum Gasteiger partial charge on any atom is 0.344 e. The van der Waals surface area contributed by atoms with Crippen LogP contribution in [-0.4, -0.2) is 51.9 Å². The molecule has 0 aliphatic heterocycles. The van der Waals surface area contributed by atoms with Crippen molar-refractivity contribution in [3.63, 3.8) is 0 Å². The molecule has 0 radical (unpaired) electrons. The Morgan fingerprint density at radius 1 is 0.919 bits per heavy atom. The first kappa shape index (κ1) is 27.2. The molecule has 0 fully saturated rings. The second-order valence-electron chi connectivity index (χ2n) is 7.33. The number of rotatable bonds is 10. The van der Waals surface area contributed by atoms with E-state index in [1.165, 1.54) is 39.7 Å². The van der Waals surface area contributed by atoms with Gasteiger partial charge in [0.05, 0.1) is 39.7 Å². The Kier molecular flexibility index (Phi) is 9.61. The number of carbonyl (C=O) groups excluding carboxylic acids is 3. The van der Waals surface area contributed by atoms with E-state index in [2.05, 4.69) is 31.8 Å². The van der Waals surface area contributed by atoms with E-state index in [1.807, 2.05) is 0 Å². The van der Waals surface area contributed by atoms with Crippen molar-refractivity contribution in [3.8, 4) is 23.0 Å². The lowest BCUT2D eigenvalue weighted by molar-refractivity contribution is -0.120. The van der Waals surface area contributed by atoms with Crippen molar-refractivity contribution < 1.29 is 33.3 Å². The molecule has 0 heterocycles. The number of halogens is 1.